The average molecular weight is 212 g/mol. The molecule has 0 radical (unpaired) electrons. The zero-order chi connectivity index (χ0) is 11.3. The van der Waals surface area contributed by atoms with Crippen LogP contribution in [0.2, 0.25) is 0 Å². The summed E-state index contributed by atoms with van der Waals surface area (Å²) in [5.74, 6) is 1.87. The third-order valence-corrected chi connectivity index (χ3v) is 3.40. The van der Waals surface area contributed by atoms with E-state index < -0.39 is 0 Å². The van der Waals surface area contributed by atoms with Crippen molar-refractivity contribution >= 4 is 0 Å². The SMILES string of the molecule is CC1CCCC1CNCCNC(C)(C)C. The van der Waals surface area contributed by atoms with Crippen LogP contribution in [0.4, 0.5) is 0 Å². The molecular weight excluding hydrogens is 184 g/mol. The second kappa shape index (κ2) is 5.86. The average Bonchev–Trinajstić information content (AvgIpc) is 2.49. The quantitative estimate of drug-likeness (QED) is 0.684. The molecule has 90 valence electrons. The molecule has 0 aromatic heterocycles. The van der Waals surface area contributed by atoms with E-state index in [1.54, 1.807) is 0 Å². The van der Waals surface area contributed by atoms with Crippen molar-refractivity contribution in [1.82, 2.24) is 10.6 Å². The van der Waals surface area contributed by atoms with Gasteiger partial charge in [0.25, 0.3) is 0 Å². The number of hydrogen-bond donors (Lipinski definition) is 2. The Kier molecular flexibility index (Phi) is 5.07. The maximum Gasteiger partial charge on any atom is 0.00970 e. The van der Waals surface area contributed by atoms with Gasteiger partial charge >= 0.3 is 0 Å². The summed E-state index contributed by atoms with van der Waals surface area (Å²) in [5.41, 5.74) is 0.252. The fourth-order valence-electron chi connectivity index (χ4n) is 2.34. The lowest BCUT2D eigenvalue weighted by atomic mass is 9.98. The summed E-state index contributed by atoms with van der Waals surface area (Å²) in [6.07, 6.45) is 4.31. The van der Waals surface area contributed by atoms with Crippen LogP contribution in [0.3, 0.4) is 0 Å². The van der Waals surface area contributed by atoms with Crippen LogP contribution in [-0.4, -0.2) is 25.2 Å². The fourth-order valence-corrected chi connectivity index (χ4v) is 2.34. The van der Waals surface area contributed by atoms with Crippen LogP contribution < -0.4 is 10.6 Å². The van der Waals surface area contributed by atoms with Crippen LogP contribution in [0.15, 0.2) is 0 Å². The minimum Gasteiger partial charge on any atom is -0.315 e. The Morgan fingerprint density at radius 3 is 2.40 bits per heavy atom. The Morgan fingerprint density at radius 2 is 1.87 bits per heavy atom. The van der Waals surface area contributed by atoms with Gasteiger partial charge in [0.15, 0.2) is 0 Å². The van der Waals surface area contributed by atoms with Crippen molar-refractivity contribution in [2.45, 2.75) is 52.5 Å². The molecule has 1 fully saturated rings. The van der Waals surface area contributed by atoms with Gasteiger partial charge in [-0.15, -0.1) is 0 Å². The minimum absolute atomic E-state index is 0.252. The third-order valence-electron chi connectivity index (χ3n) is 3.40. The normalized spacial score (nSPS) is 27.2. The summed E-state index contributed by atoms with van der Waals surface area (Å²) in [4.78, 5) is 0. The van der Waals surface area contributed by atoms with Gasteiger partial charge in [0.2, 0.25) is 0 Å². The minimum atomic E-state index is 0.252. The largest absolute Gasteiger partial charge is 0.315 e. The van der Waals surface area contributed by atoms with E-state index in [-0.39, 0.29) is 5.54 Å². The molecule has 0 saturated heterocycles. The van der Waals surface area contributed by atoms with Gasteiger partial charge < -0.3 is 10.6 Å². The maximum absolute atomic E-state index is 3.57. The van der Waals surface area contributed by atoms with Crippen LogP contribution in [0.25, 0.3) is 0 Å². The Morgan fingerprint density at radius 1 is 1.13 bits per heavy atom. The van der Waals surface area contributed by atoms with Gasteiger partial charge in [0.1, 0.15) is 0 Å². The molecule has 2 unspecified atom stereocenters. The van der Waals surface area contributed by atoms with E-state index in [1.807, 2.05) is 0 Å². The van der Waals surface area contributed by atoms with Gasteiger partial charge in [0.05, 0.1) is 0 Å². The summed E-state index contributed by atoms with van der Waals surface area (Å²) in [7, 11) is 0. The molecule has 1 saturated carbocycles. The predicted molar refractivity (Wildman–Crippen MR) is 67.1 cm³/mol. The van der Waals surface area contributed by atoms with E-state index in [4.69, 9.17) is 0 Å². The van der Waals surface area contributed by atoms with Crippen LogP contribution >= 0.6 is 0 Å². The summed E-state index contributed by atoms with van der Waals surface area (Å²) in [5, 5.41) is 7.06. The molecule has 0 aromatic rings. The van der Waals surface area contributed by atoms with Crippen molar-refractivity contribution in [3.63, 3.8) is 0 Å². The van der Waals surface area contributed by atoms with E-state index in [9.17, 15) is 0 Å². The fraction of sp³-hybridized carbons (Fsp3) is 1.00. The molecule has 0 spiro atoms. The molecule has 15 heavy (non-hydrogen) atoms. The molecule has 0 aromatic carbocycles. The molecule has 1 aliphatic carbocycles. The molecule has 0 bridgehead atoms. The summed E-state index contributed by atoms with van der Waals surface area (Å²) >= 11 is 0. The van der Waals surface area contributed by atoms with Gasteiger partial charge in [-0.3, -0.25) is 0 Å². The highest BCUT2D eigenvalue weighted by Gasteiger charge is 2.22. The van der Waals surface area contributed by atoms with Crippen molar-refractivity contribution in [2.24, 2.45) is 11.8 Å². The van der Waals surface area contributed by atoms with E-state index in [0.29, 0.717) is 0 Å². The molecule has 2 nitrogen and oxygen atoms in total. The van der Waals surface area contributed by atoms with Crippen LogP contribution in [0, 0.1) is 11.8 Å². The lowest BCUT2D eigenvalue weighted by molar-refractivity contribution is 0.377. The standard InChI is InChI=1S/C13H28N2/c1-11-6-5-7-12(11)10-14-8-9-15-13(2,3)4/h11-12,14-15H,5-10H2,1-4H3. The lowest BCUT2D eigenvalue weighted by Gasteiger charge is -2.21. The summed E-state index contributed by atoms with van der Waals surface area (Å²) in [6.45, 7) is 12.4. The lowest BCUT2D eigenvalue weighted by Crippen LogP contribution is -2.41. The van der Waals surface area contributed by atoms with Gasteiger partial charge in [-0.25, -0.2) is 0 Å². The Labute approximate surface area is 95.2 Å². The highest BCUT2D eigenvalue weighted by atomic mass is 15.0. The van der Waals surface area contributed by atoms with Crippen LogP contribution in [0.5, 0.6) is 0 Å². The van der Waals surface area contributed by atoms with Crippen molar-refractivity contribution in [3.8, 4) is 0 Å². The van der Waals surface area contributed by atoms with Crippen molar-refractivity contribution in [3.05, 3.63) is 0 Å². The monoisotopic (exact) mass is 212 g/mol. The zero-order valence-corrected chi connectivity index (χ0v) is 10.9. The molecule has 2 heteroatoms. The zero-order valence-electron chi connectivity index (χ0n) is 10.9. The molecule has 0 heterocycles. The summed E-state index contributed by atoms with van der Waals surface area (Å²) in [6, 6.07) is 0. The van der Waals surface area contributed by atoms with Crippen LogP contribution in [-0.2, 0) is 0 Å². The Balaban J connectivity index is 1.97. The molecule has 2 atom stereocenters. The number of rotatable bonds is 5. The first-order valence-corrected chi connectivity index (χ1v) is 6.45. The summed E-state index contributed by atoms with van der Waals surface area (Å²) < 4.78 is 0. The second-order valence-electron chi connectivity index (χ2n) is 6.05. The maximum atomic E-state index is 3.57. The molecule has 2 N–H and O–H groups in total. The molecule has 1 aliphatic rings. The first-order valence-electron chi connectivity index (χ1n) is 6.45. The topological polar surface area (TPSA) is 24.1 Å². The highest BCUT2D eigenvalue weighted by molar-refractivity contribution is 4.76. The van der Waals surface area contributed by atoms with Gasteiger partial charge in [-0.2, -0.15) is 0 Å². The predicted octanol–water partition coefficient (Wildman–Crippen LogP) is 2.40. The number of nitrogens with one attached hydrogen (secondary N) is 2. The first kappa shape index (κ1) is 13.0. The molecule has 1 rings (SSSR count). The Hall–Kier alpha value is -0.0800. The van der Waals surface area contributed by atoms with E-state index in [1.165, 1.54) is 25.8 Å². The van der Waals surface area contributed by atoms with E-state index in [0.717, 1.165) is 24.9 Å². The molecule has 0 aliphatic heterocycles. The van der Waals surface area contributed by atoms with Crippen molar-refractivity contribution in [2.75, 3.05) is 19.6 Å². The van der Waals surface area contributed by atoms with Crippen LogP contribution in [0.1, 0.15) is 47.0 Å². The van der Waals surface area contributed by atoms with E-state index >= 15 is 0 Å². The smallest absolute Gasteiger partial charge is 0.00970 e. The van der Waals surface area contributed by atoms with Crippen molar-refractivity contribution < 1.29 is 0 Å². The van der Waals surface area contributed by atoms with Crippen molar-refractivity contribution in [1.29, 1.82) is 0 Å². The van der Waals surface area contributed by atoms with Gasteiger partial charge in [-0.05, 0) is 45.6 Å². The number of hydrogen-bond acceptors (Lipinski definition) is 2. The molecular formula is C13H28N2. The van der Waals surface area contributed by atoms with Gasteiger partial charge in [-0.1, -0.05) is 19.8 Å². The third kappa shape index (κ3) is 5.53. The second-order valence-corrected chi connectivity index (χ2v) is 6.05. The first-order chi connectivity index (χ1) is 6.99. The van der Waals surface area contributed by atoms with Gasteiger partial charge in [0, 0.05) is 18.6 Å². The van der Waals surface area contributed by atoms with E-state index in [2.05, 4.69) is 38.3 Å². The molecule has 0 amide bonds. The highest BCUT2D eigenvalue weighted by Crippen LogP contribution is 2.30. The Bertz CT molecular complexity index is 172.